The molecule has 6 heteroatoms. The van der Waals surface area contributed by atoms with Crippen molar-refractivity contribution in [2.24, 2.45) is 0 Å². The molecule has 3 N–H and O–H groups in total. The normalized spacial score (nSPS) is 11.6. The van der Waals surface area contributed by atoms with Gasteiger partial charge in [-0.15, -0.1) is 0 Å². The summed E-state index contributed by atoms with van der Waals surface area (Å²) in [6, 6.07) is 20.7. The fraction of sp³-hybridized carbons (Fsp3) is 0.179. The van der Waals surface area contributed by atoms with Crippen molar-refractivity contribution in [1.82, 2.24) is 20.3 Å². The molecule has 6 nitrogen and oxygen atoms in total. The van der Waals surface area contributed by atoms with Crippen LogP contribution in [0.5, 0.6) is 11.5 Å². The molecule has 172 valence electrons. The Labute approximate surface area is 198 Å². The topological polar surface area (TPSA) is 75.0 Å². The number of fused-ring (bicyclic) bond motifs is 2. The van der Waals surface area contributed by atoms with Gasteiger partial charge in [0.1, 0.15) is 0 Å². The summed E-state index contributed by atoms with van der Waals surface area (Å²) in [5.41, 5.74) is 7.83. The number of ether oxygens (including phenoxy) is 2. The number of hydrogen-bond donors (Lipinski definition) is 3. The van der Waals surface area contributed by atoms with Crippen molar-refractivity contribution in [2.75, 3.05) is 27.3 Å². The van der Waals surface area contributed by atoms with E-state index in [0.29, 0.717) is 0 Å². The number of methoxy groups -OCH3 is 2. The van der Waals surface area contributed by atoms with Crippen LogP contribution >= 0.6 is 0 Å². The second kappa shape index (κ2) is 9.85. The Hall–Kier alpha value is -4.03. The van der Waals surface area contributed by atoms with E-state index >= 15 is 0 Å². The van der Waals surface area contributed by atoms with Crippen molar-refractivity contribution in [3.8, 4) is 22.8 Å². The number of aromatic amines is 2. The number of aromatic nitrogens is 3. The van der Waals surface area contributed by atoms with Gasteiger partial charge in [0.25, 0.3) is 0 Å². The first-order valence-corrected chi connectivity index (χ1v) is 11.4. The molecule has 0 bridgehead atoms. The van der Waals surface area contributed by atoms with Crippen LogP contribution in [0.25, 0.3) is 39.3 Å². The first-order valence-electron chi connectivity index (χ1n) is 11.4. The highest BCUT2D eigenvalue weighted by molar-refractivity contribution is 5.91. The van der Waals surface area contributed by atoms with Gasteiger partial charge >= 0.3 is 0 Å². The standard InChI is InChI=1S/C28H28N4O2/c1-33-26-12-10-20(17-27(26)34-2)28-22(21-7-3-4-8-23(21)32-28)13-15-29-14-5-6-19-9-11-24-25(16-19)31-18-30-24/h3-12,16-18,29,32H,13-15H2,1-2H3,(H,30,31). The molecule has 0 radical (unpaired) electrons. The second-order valence-electron chi connectivity index (χ2n) is 8.13. The van der Waals surface area contributed by atoms with Crippen LogP contribution in [0.15, 0.2) is 73.1 Å². The van der Waals surface area contributed by atoms with Crippen LogP contribution in [0, 0.1) is 0 Å². The van der Waals surface area contributed by atoms with Gasteiger partial charge in [-0.1, -0.05) is 36.4 Å². The zero-order chi connectivity index (χ0) is 23.3. The van der Waals surface area contributed by atoms with Gasteiger partial charge in [-0.3, -0.25) is 0 Å². The van der Waals surface area contributed by atoms with Crippen molar-refractivity contribution >= 4 is 28.0 Å². The molecule has 0 spiro atoms. The van der Waals surface area contributed by atoms with Crippen molar-refractivity contribution in [3.63, 3.8) is 0 Å². The van der Waals surface area contributed by atoms with Crippen LogP contribution in [0.2, 0.25) is 0 Å². The molecule has 2 heterocycles. The Morgan fingerprint density at radius 2 is 1.82 bits per heavy atom. The number of para-hydroxylation sites is 1. The highest BCUT2D eigenvalue weighted by Crippen LogP contribution is 2.36. The first-order chi connectivity index (χ1) is 16.8. The summed E-state index contributed by atoms with van der Waals surface area (Å²) in [6.45, 7) is 1.67. The lowest BCUT2D eigenvalue weighted by Gasteiger charge is -2.11. The maximum absolute atomic E-state index is 5.53. The van der Waals surface area contributed by atoms with Gasteiger partial charge < -0.3 is 24.8 Å². The summed E-state index contributed by atoms with van der Waals surface area (Å²) in [7, 11) is 3.32. The molecule has 0 saturated carbocycles. The summed E-state index contributed by atoms with van der Waals surface area (Å²) in [4.78, 5) is 11.0. The molecule has 0 saturated heterocycles. The van der Waals surface area contributed by atoms with Crippen LogP contribution in [-0.2, 0) is 6.42 Å². The molecule has 34 heavy (non-hydrogen) atoms. The van der Waals surface area contributed by atoms with Gasteiger partial charge in [0.2, 0.25) is 0 Å². The number of nitrogens with zero attached hydrogens (tertiary/aromatic N) is 1. The first kappa shape index (κ1) is 21.8. The molecule has 0 unspecified atom stereocenters. The third-order valence-corrected chi connectivity index (χ3v) is 6.05. The van der Waals surface area contributed by atoms with Crippen LogP contribution in [0.1, 0.15) is 11.1 Å². The van der Waals surface area contributed by atoms with Crippen LogP contribution in [-0.4, -0.2) is 42.3 Å². The fourth-order valence-electron chi connectivity index (χ4n) is 4.35. The maximum atomic E-state index is 5.53. The van der Waals surface area contributed by atoms with E-state index in [-0.39, 0.29) is 0 Å². The lowest BCUT2D eigenvalue weighted by atomic mass is 10.0. The van der Waals surface area contributed by atoms with E-state index in [1.165, 1.54) is 10.9 Å². The fourth-order valence-corrected chi connectivity index (χ4v) is 4.35. The van der Waals surface area contributed by atoms with Gasteiger partial charge in [-0.25, -0.2) is 4.98 Å². The SMILES string of the molecule is COc1ccc(-c2[nH]c3ccccc3c2CCNCC=Cc2ccc3nc[nH]c3c2)cc1OC. The van der Waals surface area contributed by atoms with Crippen molar-refractivity contribution in [3.05, 3.63) is 84.2 Å². The van der Waals surface area contributed by atoms with E-state index in [1.54, 1.807) is 20.5 Å². The molecule has 2 aromatic heterocycles. The highest BCUT2D eigenvalue weighted by atomic mass is 16.5. The summed E-state index contributed by atoms with van der Waals surface area (Å²) in [5.74, 6) is 1.45. The molecule has 5 rings (SSSR count). The molecular weight excluding hydrogens is 424 g/mol. The Balaban J connectivity index is 1.29. The van der Waals surface area contributed by atoms with Gasteiger partial charge in [0.15, 0.2) is 11.5 Å². The van der Waals surface area contributed by atoms with Gasteiger partial charge in [0.05, 0.1) is 31.6 Å². The van der Waals surface area contributed by atoms with E-state index < -0.39 is 0 Å². The zero-order valence-corrected chi connectivity index (χ0v) is 19.4. The maximum Gasteiger partial charge on any atom is 0.161 e. The largest absolute Gasteiger partial charge is 0.493 e. The molecule has 0 atom stereocenters. The summed E-state index contributed by atoms with van der Waals surface area (Å²) < 4.78 is 10.9. The predicted molar refractivity (Wildman–Crippen MR) is 139 cm³/mol. The van der Waals surface area contributed by atoms with E-state index in [9.17, 15) is 0 Å². The molecular formula is C28H28N4O2. The summed E-state index contributed by atoms with van der Waals surface area (Å²) in [5, 5.41) is 4.79. The number of H-pyrrole nitrogens is 2. The minimum Gasteiger partial charge on any atom is -0.493 e. The Morgan fingerprint density at radius 3 is 2.71 bits per heavy atom. The molecule has 0 aliphatic rings. The third kappa shape index (κ3) is 4.40. The Kier molecular flexibility index (Phi) is 6.31. The molecule has 0 fully saturated rings. The minimum absolute atomic E-state index is 0.723. The average Bonchev–Trinajstić information content (AvgIpc) is 3.50. The molecule has 0 amide bonds. The summed E-state index contributed by atoms with van der Waals surface area (Å²) in [6.07, 6.45) is 6.92. The summed E-state index contributed by atoms with van der Waals surface area (Å²) >= 11 is 0. The number of rotatable bonds is 9. The van der Waals surface area contributed by atoms with E-state index in [0.717, 1.165) is 64.4 Å². The Bertz CT molecular complexity index is 1450. The number of hydrogen-bond acceptors (Lipinski definition) is 4. The number of nitrogens with one attached hydrogen (secondary N) is 3. The van der Waals surface area contributed by atoms with Crippen molar-refractivity contribution < 1.29 is 9.47 Å². The Morgan fingerprint density at radius 1 is 0.941 bits per heavy atom. The lowest BCUT2D eigenvalue weighted by Crippen LogP contribution is -2.17. The predicted octanol–water partition coefficient (Wildman–Crippen LogP) is 5.57. The monoisotopic (exact) mass is 452 g/mol. The molecule has 0 aliphatic carbocycles. The lowest BCUT2D eigenvalue weighted by molar-refractivity contribution is 0.355. The quantitative estimate of drug-likeness (QED) is 0.256. The molecule has 5 aromatic rings. The molecule has 0 aliphatic heterocycles. The van der Waals surface area contributed by atoms with Crippen molar-refractivity contribution in [1.29, 1.82) is 0 Å². The van der Waals surface area contributed by atoms with Gasteiger partial charge in [-0.2, -0.15) is 0 Å². The van der Waals surface area contributed by atoms with E-state index in [1.807, 2.05) is 18.2 Å². The highest BCUT2D eigenvalue weighted by Gasteiger charge is 2.15. The third-order valence-electron chi connectivity index (χ3n) is 6.05. The van der Waals surface area contributed by atoms with Gasteiger partial charge in [0, 0.05) is 28.7 Å². The van der Waals surface area contributed by atoms with E-state index in [2.05, 4.69) is 74.9 Å². The average molecular weight is 453 g/mol. The molecule has 3 aromatic carbocycles. The van der Waals surface area contributed by atoms with Gasteiger partial charge in [-0.05, 0) is 60.5 Å². The van der Waals surface area contributed by atoms with E-state index in [4.69, 9.17) is 9.47 Å². The zero-order valence-electron chi connectivity index (χ0n) is 19.4. The van der Waals surface area contributed by atoms with Crippen LogP contribution < -0.4 is 14.8 Å². The van der Waals surface area contributed by atoms with Crippen molar-refractivity contribution in [2.45, 2.75) is 6.42 Å². The smallest absolute Gasteiger partial charge is 0.161 e. The van der Waals surface area contributed by atoms with Crippen LogP contribution in [0.3, 0.4) is 0 Å². The number of imidazole rings is 1. The minimum atomic E-state index is 0.723. The second-order valence-corrected chi connectivity index (χ2v) is 8.13. The number of benzene rings is 3. The van der Waals surface area contributed by atoms with Crippen LogP contribution in [0.4, 0.5) is 0 Å².